The van der Waals surface area contributed by atoms with Crippen LogP contribution in [0.1, 0.15) is 23.7 Å². The van der Waals surface area contributed by atoms with Crippen LogP contribution in [0, 0.1) is 0 Å². The molecule has 4 amide bonds. The molecule has 0 radical (unpaired) electrons. The van der Waals surface area contributed by atoms with Crippen LogP contribution in [0.15, 0.2) is 53.4 Å². The van der Waals surface area contributed by atoms with E-state index in [0.29, 0.717) is 17.1 Å². The third-order valence-electron chi connectivity index (χ3n) is 5.83. The van der Waals surface area contributed by atoms with E-state index in [1.54, 1.807) is 32.3 Å². The zero-order chi connectivity index (χ0) is 24.4. The third-order valence-corrected chi connectivity index (χ3v) is 7.45. The average Bonchev–Trinajstić information content (AvgIpc) is 3.22. The first-order valence-corrected chi connectivity index (χ1v) is 12.1. The van der Waals surface area contributed by atoms with E-state index in [-0.39, 0.29) is 24.8 Å². The molecule has 4 rings (SSSR count). The number of amides is 4. The number of nitrogens with zero attached hydrogens (tertiary/aromatic N) is 2. The van der Waals surface area contributed by atoms with Crippen molar-refractivity contribution in [1.29, 1.82) is 0 Å². The quantitative estimate of drug-likeness (QED) is 0.656. The second kappa shape index (κ2) is 10.1. The number of anilines is 1. The van der Waals surface area contributed by atoms with Crippen molar-refractivity contribution in [2.45, 2.75) is 35.1 Å². The zero-order valence-electron chi connectivity index (χ0n) is 18.8. The summed E-state index contributed by atoms with van der Waals surface area (Å²) in [5.41, 5.74) is 1.40. The van der Waals surface area contributed by atoms with Gasteiger partial charge in [-0.1, -0.05) is 41.9 Å². The van der Waals surface area contributed by atoms with E-state index >= 15 is 0 Å². The number of halogens is 1. The number of carbonyl (C=O) groups is 4. The Morgan fingerprint density at radius 1 is 1.18 bits per heavy atom. The number of likely N-dealkylation sites (N-methyl/N-ethyl adjacent to an activating group) is 1. The van der Waals surface area contributed by atoms with Crippen molar-refractivity contribution in [3.63, 3.8) is 0 Å². The smallest absolute Gasteiger partial charge is 0.251 e. The lowest BCUT2D eigenvalue weighted by Crippen LogP contribution is -2.55. The van der Waals surface area contributed by atoms with E-state index in [2.05, 4.69) is 10.6 Å². The van der Waals surface area contributed by atoms with Gasteiger partial charge in [0.1, 0.15) is 18.6 Å². The fraction of sp³-hybridized carbons (Fsp3) is 0.333. The van der Waals surface area contributed by atoms with Gasteiger partial charge in [-0.2, -0.15) is 0 Å². The number of nitrogens with one attached hydrogen (secondary N) is 2. The molecule has 2 aliphatic rings. The summed E-state index contributed by atoms with van der Waals surface area (Å²) in [6, 6.07) is 12.9. The number of carbonyl (C=O) groups excluding carboxylic acids is 4. The van der Waals surface area contributed by atoms with Crippen molar-refractivity contribution >= 4 is 52.7 Å². The Labute approximate surface area is 207 Å². The van der Waals surface area contributed by atoms with Gasteiger partial charge in [0.25, 0.3) is 5.91 Å². The lowest BCUT2D eigenvalue weighted by atomic mass is 10.0. The van der Waals surface area contributed by atoms with Gasteiger partial charge in [-0.05, 0) is 30.2 Å². The van der Waals surface area contributed by atoms with E-state index in [1.165, 1.54) is 21.6 Å². The minimum atomic E-state index is -0.974. The molecule has 2 N–H and O–H groups in total. The highest BCUT2D eigenvalue weighted by molar-refractivity contribution is 7.99. The molecule has 0 unspecified atom stereocenters. The minimum absolute atomic E-state index is 0.185. The van der Waals surface area contributed by atoms with Gasteiger partial charge in [0.2, 0.25) is 17.7 Å². The molecule has 2 aromatic rings. The topological polar surface area (TPSA) is 98.8 Å². The van der Waals surface area contributed by atoms with Crippen molar-refractivity contribution in [3.8, 4) is 0 Å². The highest BCUT2D eigenvalue weighted by atomic mass is 35.5. The maximum atomic E-state index is 14.0. The second-order valence-corrected chi connectivity index (χ2v) is 10.0. The summed E-state index contributed by atoms with van der Waals surface area (Å²) < 4.78 is 0. The summed E-state index contributed by atoms with van der Waals surface area (Å²) in [6.07, 6.45) is 0.633. The van der Waals surface area contributed by atoms with Crippen molar-refractivity contribution < 1.29 is 19.2 Å². The molecule has 178 valence electrons. The number of rotatable bonds is 5. The van der Waals surface area contributed by atoms with Gasteiger partial charge < -0.3 is 20.4 Å². The lowest BCUT2D eigenvalue weighted by molar-refractivity contribution is -0.131. The predicted octanol–water partition coefficient (Wildman–Crippen LogP) is 2.37. The molecule has 0 saturated carbocycles. The fourth-order valence-corrected chi connectivity index (χ4v) is 5.59. The van der Waals surface area contributed by atoms with Crippen LogP contribution < -0.4 is 15.5 Å². The van der Waals surface area contributed by atoms with Crippen LogP contribution in [0.5, 0.6) is 0 Å². The van der Waals surface area contributed by atoms with Gasteiger partial charge in [0.15, 0.2) is 0 Å². The van der Waals surface area contributed by atoms with Gasteiger partial charge >= 0.3 is 0 Å². The van der Waals surface area contributed by atoms with Crippen LogP contribution in [-0.4, -0.2) is 61.3 Å². The molecule has 0 aliphatic carbocycles. The van der Waals surface area contributed by atoms with Crippen molar-refractivity contribution in [2.75, 3.05) is 25.5 Å². The standard InChI is InChI=1S/C24H25ClN4O4S/c1-28(2)20(31)13-29-17-10-8-15(25)12-18(17)34-22(14-6-4-3-5-7-14)21(24(29)33)27-23(32)16-9-11-19(30)26-16/h3-8,10,12,16,21-22H,9,11,13H2,1-2H3,(H,26,30)(H,27,32)/t16-,21+,22+/m0/s1. The number of thioether (sulfide) groups is 1. The highest BCUT2D eigenvalue weighted by Crippen LogP contribution is 2.46. The van der Waals surface area contributed by atoms with Gasteiger partial charge in [-0.25, -0.2) is 0 Å². The van der Waals surface area contributed by atoms with Crippen molar-refractivity contribution in [2.24, 2.45) is 0 Å². The first kappa shape index (κ1) is 24.1. The minimum Gasteiger partial charge on any atom is -0.347 e. The molecular formula is C24H25ClN4O4S. The Balaban J connectivity index is 1.77. The summed E-state index contributed by atoms with van der Waals surface area (Å²) in [4.78, 5) is 54.8. The molecule has 2 aliphatic heterocycles. The van der Waals surface area contributed by atoms with E-state index in [1.807, 2.05) is 30.3 Å². The Morgan fingerprint density at radius 2 is 1.91 bits per heavy atom. The number of benzene rings is 2. The van der Waals surface area contributed by atoms with Crippen LogP contribution in [0.4, 0.5) is 5.69 Å². The average molecular weight is 501 g/mol. The maximum Gasteiger partial charge on any atom is 0.251 e. The van der Waals surface area contributed by atoms with Gasteiger partial charge in [0, 0.05) is 30.4 Å². The summed E-state index contributed by atoms with van der Waals surface area (Å²) >= 11 is 7.69. The molecule has 0 spiro atoms. The summed E-state index contributed by atoms with van der Waals surface area (Å²) in [7, 11) is 3.24. The fourth-order valence-electron chi connectivity index (χ4n) is 3.97. The Hall–Kier alpha value is -3.04. The van der Waals surface area contributed by atoms with Crippen LogP contribution in [0.3, 0.4) is 0 Å². The van der Waals surface area contributed by atoms with E-state index in [4.69, 9.17) is 11.6 Å². The largest absolute Gasteiger partial charge is 0.347 e. The van der Waals surface area contributed by atoms with Crippen molar-refractivity contribution in [3.05, 3.63) is 59.1 Å². The second-order valence-electron chi connectivity index (χ2n) is 8.42. The first-order valence-electron chi connectivity index (χ1n) is 10.9. The number of hydrogen-bond acceptors (Lipinski definition) is 5. The maximum absolute atomic E-state index is 14.0. The zero-order valence-corrected chi connectivity index (χ0v) is 20.4. The normalized spacial score (nSPS) is 22.0. The lowest BCUT2D eigenvalue weighted by Gasteiger charge is -2.29. The SMILES string of the molecule is CN(C)C(=O)CN1C(=O)[C@H](NC(=O)[C@@H]2CCC(=O)N2)[C@@H](c2ccccc2)Sc2cc(Cl)ccc21. The van der Waals surface area contributed by atoms with Crippen LogP contribution in [-0.2, 0) is 19.2 Å². The predicted molar refractivity (Wildman–Crippen MR) is 131 cm³/mol. The molecule has 1 fully saturated rings. The van der Waals surface area contributed by atoms with Gasteiger partial charge in [-0.15, -0.1) is 11.8 Å². The molecule has 0 bridgehead atoms. The highest BCUT2D eigenvalue weighted by Gasteiger charge is 2.41. The van der Waals surface area contributed by atoms with Crippen LogP contribution in [0.25, 0.3) is 0 Å². The Bertz CT molecular complexity index is 1130. The molecule has 3 atom stereocenters. The van der Waals surface area contributed by atoms with Gasteiger partial charge in [-0.3, -0.25) is 19.2 Å². The first-order chi connectivity index (χ1) is 16.2. The third kappa shape index (κ3) is 5.05. The van der Waals surface area contributed by atoms with E-state index in [0.717, 1.165) is 10.5 Å². The van der Waals surface area contributed by atoms with Crippen LogP contribution in [0.2, 0.25) is 5.02 Å². The molecule has 34 heavy (non-hydrogen) atoms. The molecule has 2 aromatic carbocycles. The van der Waals surface area contributed by atoms with E-state index in [9.17, 15) is 19.2 Å². The summed E-state index contributed by atoms with van der Waals surface area (Å²) in [5.74, 6) is -1.28. The molecule has 1 saturated heterocycles. The molecule has 10 heteroatoms. The Morgan fingerprint density at radius 3 is 2.56 bits per heavy atom. The summed E-state index contributed by atoms with van der Waals surface area (Å²) in [6.45, 7) is -0.185. The Kier molecular flexibility index (Phi) is 7.13. The number of hydrogen-bond donors (Lipinski definition) is 2. The molecule has 8 nitrogen and oxygen atoms in total. The summed E-state index contributed by atoms with van der Waals surface area (Å²) in [5, 5.41) is 5.55. The monoisotopic (exact) mass is 500 g/mol. The molecular weight excluding hydrogens is 476 g/mol. The van der Waals surface area contributed by atoms with Crippen LogP contribution >= 0.6 is 23.4 Å². The molecule has 2 heterocycles. The van der Waals surface area contributed by atoms with Gasteiger partial charge in [0.05, 0.1) is 10.9 Å². The van der Waals surface area contributed by atoms with Crippen molar-refractivity contribution in [1.82, 2.24) is 15.5 Å². The number of fused-ring (bicyclic) bond motifs is 1. The molecule has 0 aromatic heterocycles. The van der Waals surface area contributed by atoms with E-state index < -0.39 is 29.1 Å².